The normalized spacial score (nSPS) is 12.4. The Morgan fingerprint density at radius 1 is 1.00 bits per heavy atom. The van der Waals surface area contributed by atoms with E-state index >= 15 is 0 Å². The van der Waals surface area contributed by atoms with Crippen LogP contribution in [-0.2, 0) is 15.3 Å². The van der Waals surface area contributed by atoms with E-state index in [9.17, 15) is 33.8 Å². The highest BCUT2D eigenvalue weighted by molar-refractivity contribution is 7.98. The molecule has 2 aromatic rings. The summed E-state index contributed by atoms with van der Waals surface area (Å²) in [4.78, 5) is 50.6. The maximum Gasteiger partial charge on any atom is 0.305 e. The third-order valence-corrected chi connectivity index (χ3v) is 5.88. The highest BCUT2D eigenvalue weighted by atomic mass is 32.2. The number of rotatable bonds is 14. The number of carboxylic acid groups (broad SMARTS) is 2. The first kappa shape index (κ1) is 27.7. The van der Waals surface area contributed by atoms with Gasteiger partial charge in [-0.1, -0.05) is 12.1 Å². The minimum atomic E-state index is -1.22. The quantitative estimate of drug-likeness (QED) is 0.239. The number of amides is 2. The molecule has 2 rings (SSSR count). The molecule has 5 N–H and O–H groups in total. The molecule has 0 spiro atoms. The van der Waals surface area contributed by atoms with Crippen LogP contribution < -0.4 is 10.6 Å². The second kappa shape index (κ2) is 14.0. The zero-order valence-electron chi connectivity index (χ0n) is 18.6. The lowest BCUT2D eigenvalue weighted by Crippen LogP contribution is -2.45. The van der Waals surface area contributed by atoms with E-state index < -0.39 is 42.3 Å². The number of halogens is 1. The van der Waals surface area contributed by atoms with Crippen LogP contribution in [0, 0.1) is 5.82 Å². The third-order valence-electron chi connectivity index (χ3n) is 4.76. The summed E-state index contributed by atoms with van der Waals surface area (Å²) < 4.78 is 13.0. The minimum absolute atomic E-state index is 0.00950. The number of thioether (sulfide) groups is 1. The smallest absolute Gasteiger partial charge is 0.305 e. The number of pyridine rings is 1. The SMILES string of the molecule is O=C(O)CCCNC(=O)c1cncc(C(=O)N[C@@H](CC(=O)O)C(O)CSCc2ccc(F)cc2)c1. The predicted octanol–water partition coefficient (Wildman–Crippen LogP) is 1.68. The van der Waals surface area contributed by atoms with Gasteiger partial charge in [-0.05, 0) is 30.2 Å². The molecule has 0 aliphatic heterocycles. The topological polar surface area (TPSA) is 166 Å². The number of aliphatic carboxylic acids is 2. The molecule has 35 heavy (non-hydrogen) atoms. The minimum Gasteiger partial charge on any atom is -0.481 e. The van der Waals surface area contributed by atoms with E-state index in [1.165, 1.54) is 42.4 Å². The molecule has 0 saturated carbocycles. The number of nitrogens with one attached hydrogen (secondary N) is 2. The first-order chi connectivity index (χ1) is 16.7. The van der Waals surface area contributed by atoms with E-state index in [4.69, 9.17) is 5.11 Å². The average Bonchev–Trinajstić information content (AvgIpc) is 2.82. The number of carboxylic acids is 2. The molecule has 0 aliphatic carbocycles. The molecule has 0 bridgehead atoms. The predicted molar refractivity (Wildman–Crippen MR) is 126 cm³/mol. The van der Waals surface area contributed by atoms with Gasteiger partial charge in [-0.2, -0.15) is 11.8 Å². The number of hydrogen-bond donors (Lipinski definition) is 5. The molecular weight excluding hydrogens is 481 g/mol. The van der Waals surface area contributed by atoms with Crippen molar-refractivity contribution in [1.29, 1.82) is 0 Å². The first-order valence-corrected chi connectivity index (χ1v) is 11.8. The van der Waals surface area contributed by atoms with Gasteiger partial charge in [0.15, 0.2) is 0 Å². The third kappa shape index (κ3) is 10.1. The molecule has 2 amide bonds. The fourth-order valence-electron chi connectivity index (χ4n) is 2.95. The van der Waals surface area contributed by atoms with Crippen molar-refractivity contribution in [3.05, 3.63) is 65.2 Å². The number of carbonyl (C=O) groups excluding carboxylic acids is 2. The summed E-state index contributed by atoms with van der Waals surface area (Å²) in [6.45, 7) is 0.129. The van der Waals surface area contributed by atoms with Gasteiger partial charge in [0.25, 0.3) is 11.8 Å². The van der Waals surface area contributed by atoms with Crippen LogP contribution in [0.4, 0.5) is 4.39 Å². The summed E-state index contributed by atoms with van der Waals surface area (Å²) in [7, 11) is 0. The Labute approximate surface area is 205 Å². The maximum absolute atomic E-state index is 13.0. The zero-order valence-corrected chi connectivity index (χ0v) is 19.5. The van der Waals surface area contributed by atoms with Crippen LogP contribution in [0.25, 0.3) is 0 Å². The summed E-state index contributed by atoms with van der Waals surface area (Å²) >= 11 is 1.30. The molecule has 0 saturated heterocycles. The summed E-state index contributed by atoms with van der Waals surface area (Å²) in [5.41, 5.74) is 0.884. The van der Waals surface area contributed by atoms with Crippen molar-refractivity contribution in [3.63, 3.8) is 0 Å². The van der Waals surface area contributed by atoms with Crippen LogP contribution >= 0.6 is 11.8 Å². The van der Waals surface area contributed by atoms with E-state index in [-0.39, 0.29) is 42.1 Å². The number of nitrogens with zero attached hydrogens (tertiary/aromatic N) is 1. The van der Waals surface area contributed by atoms with Gasteiger partial charge in [0.05, 0.1) is 29.7 Å². The van der Waals surface area contributed by atoms with E-state index in [0.717, 1.165) is 5.56 Å². The van der Waals surface area contributed by atoms with Crippen LogP contribution in [0.2, 0.25) is 0 Å². The van der Waals surface area contributed by atoms with Gasteiger partial charge < -0.3 is 26.0 Å². The lowest BCUT2D eigenvalue weighted by atomic mass is 10.1. The standard InChI is InChI=1S/C23H26FN3O7S/c24-17-5-3-14(4-6-17)12-35-13-19(28)18(9-21(31)32)27-23(34)16-8-15(10-25-11-16)22(33)26-7-1-2-20(29)30/h3-6,8,10-11,18-19,28H,1-2,7,9,12-13H2,(H,26,33)(H,27,34)(H,29,30)(H,31,32)/t18-,19?/m0/s1. The van der Waals surface area contributed by atoms with Gasteiger partial charge >= 0.3 is 11.9 Å². The average molecular weight is 508 g/mol. The lowest BCUT2D eigenvalue weighted by molar-refractivity contribution is -0.138. The monoisotopic (exact) mass is 507 g/mol. The number of aromatic nitrogens is 1. The zero-order chi connectivity index (χ0) is 25.8. The molecule has 1 unspecified atom stereocenters. The molecule has 1 heterocycles. The van der Waals surface area contributed by atoms with Crippen LogP contribution in [0.1, 0.15) is 45.5 Å². The number of hydrogen-bond acceptors (Lipinski definition) is 7. The summed E-state index contributed by atoms with van der Waals surface area (Å²) in [6.07, 6.45) is 0.859. The lowest BCUT2D eigenvalue weighted by Gasteiger charge is -2.22. The Hall–Kier alpha value is -3.51. The Balaban J connectivity index is 1.95. The molecule has 1 aromatic carbocycles. The summed E-state index contributed by atoms with van der Waals surface area (Å²) in [5.74, 6) is -3.25. The van der Waals surface area contributed by atoms with Gasteiger partial charge in [-0.25, -0.2) is 4.39 Å². The molecule has 12 heteroatoms. The van der Waals surface area contributed by atoms with Crippen molar-refractivity contribution < 1.29 is 38.9 Å². The van der Waals surface area contributed by atoms with E-state index in [2.05, 4.69) is 15.6 Å². The van der Waals surface area contributed by atoms with Gasteiger partial charge in [0.1, 0.15) is 5.82 Å². The van der Waals surface area contributed by atoms with Gasteiger partial charge in [0.2, 0.25) is 0 Å². The molecule has 0 aliphatic rings. The summed E-state index contributed by atoms with van der Waals surface area (Å²) in [5, 5.41) is 33.3. The molecule has 10 nitrogen and oxygen atoms in total. The molecule has 2 atom stereocenters. The van der Waals surface area contributed by atoms with Crippen molar-refractivity contribution in [3.8, 4) is 0 Å². The van der Waals surface area contributed by atoms with Gasteiger partial charge in [0, 0.05) is 36.9 Å². The van der Waals surface area contributed by atoms with Crippen LogP contribution in [0.3, 0.4) is 0 Å². The Bertz CT molecular complexity index is 1040. The molecule has 0 fully saturated rings. The van der Waals surface area contributed by atoms with Crippen LogP contribution in [0.15, 0.2) is 42.7 Å². The van der Waals surface area contributed by atoms with Crippen molar-refractivity contribution >= 4 is 35.5 Å². The first-order valence-electron chi connectivity index (χ1n) is 10.6. The van der Waals surface area contributed by atoms with Gasteiger partial charge in [-0.3, -0.25) is 24.2 Å². The second-order valence-electron chi connectivity index (χ2n) is 7.60. The highest BCUT2D eigenvalue weighted by Crippen LogP contribution is 2.16. The van der Waals surface area contributed by atoms with Crippen molar-refractivity contribution in [2.45, 2.75) is 37.2 Å². The van der Waals surface area contributed by atoms with E-state index in [1.807, 2.05) is 0 Å². The molecule has 0 radical (unpaired) electrons. The highest BCUT2D eigenvalue weighted by Gasteiger charge is 2.25. The molecular formula is C23H26FN3O7S. The maximum atomic E-state index is 13.0. The number of aliphatic hydroxyl groups is 1. The van der Waals surface area contributed by atoms with Crippen molar-refractivity contribution in [2.24, 2.45) is 0 Å². The Morgan fingerprint density at radius 2 is 1.66 bits per heavy atom. The fraction of sp³-hybridized carbons (Fsp3) is 0.348. The largest absolute Gasteiger partial charge is 0.481 e. The van der Waals surface area contributed by atoms with E-state index in [1.54, 1.807) is 12.1 Å². The molecule has 188 valence electrons. The Morgan fingerprint density at radius 3 is 2.29 bits per heavy atom. The molecule has 1 aromatic heterocycles. The van der Waals surface area contributed by atoms with Crippen molar-refractivity contribution in [1.82, 2.24) is 15.6 Å². The summed E-state index contributed by atoms with van der Waals surface area (Å²) in [6, 6.07) is 6.01. The number of benzene rings is 1. The number of aliphatic hydroxyl groups excluding tert-OH is 1. The van der Waals surface area contributed by atoms with Crippen LogP contribution in [0.5, 0.6) is 0 Å². The van der Waals surface area contributed by atoms with Gasteiger partial charge in [-0.15, -0.1) is 0 Å². The van der Waals surface area contributed by atoms with Crippen LogP contribution in [-0.4, -0.2) is 68.5 Å². The van der Waals surface area contributed by atoms with Crippen molar-refractivity contribution in [2.75, 3.05) is 12.3 Å². The second-order valence-corrected chi connectivity index (χ2v) is 8.63. The van der Waals surface area contributed by atoms with E-state index in [0.29, 0.717) is 5.75 Å². The fourth-order valence-corrected chi connectivity index (χ4v) is 3.97. The number of carbonyl (C=O) groups is 4. The Kier molecular flexibility index (Phi) is 11.1.